The summed E-state index contributed by atoms with van der Waals surface area (Å²) in [5.41, 5.74) is 0.281. The van der Waals surface area contributed by atoms with Crippen LogP contribution in [0.5, 0.6) is 0 Å². The zero-order chi connectivity index (χ0) is 28.6. The van der Waals surface area contributed by atoms with Gasteiger partial charge in [-0.25, -0.2) is 0 Å². The molecule has 2 bridgehead atoms. The van der Waals surface area contributed by atoms with Crippen LogP contribution in [0.1, 0.15) is 30.4 Å². The minimum Gasteiger partial charge on any atom is -0.499 e. The summed E-state index contributed by atoms with van der Waals surface area (Å²) in [6, 6.07) is 5.74. The molecule has 1 aromatic rings. The zero-order valence-corrected chi connectivity index (χ0v) is 22.6. The fourth-order valence-electron chi connectivity index (χ4n) is 6.91. The smallest absolute Gasteiger partial charge is 0.327 e. The van der Waals surface area contributed by atoms with Crippen molar-refractivity contribution in [3.8, 4) is 0 Å². The Labute approximate surface area is 236 Å². The van der Waals surface area contributed by atoms with Gasteiger partial charge in [-0.15, -0.1) is 0 Å². The minimum atomic E-state index is -1.34. The van der Waals surface area contributed by atoms with E-state index in [2.05, 4.69) is 5.32 Å². The monoisotopic (exact) mass is 573 g/mol. The van der Waals surface area contributed by atoms with Gasteiger partial charge in [0.1, 0.15) is 49.3 Å². The van der Waals surface area contributed by atoms with Gasteiger partial charge >= 0.3 is 5.97 Å². The highest BCUT2D eigenvalue weighted by atomic mass is 16.8. The summed E-state index contributed by atoms with van der Waals surface area (Å²) in [6.07, 6.45) is 1.85. The van der Waals surface area contributed by atoms with Crippen molar-refractivity contribution in [2.45, 2.75) is 62.3 Å². The molecule has 3 N–H and O–H groups in total. The van der Waals surface area contributed by atoms with Crippen molar-refractivity contribution in [2.75, 3.05) is 39.7 Å². The number of aliphatic hydroxyl groups is 2. The summed E-state index contributed by atoms with van der Waals surface area (Å²) in [6.45, 7) is 0.461. The van der Waals surface area contributed by atoms with E-state index in [0.717, 1.165) is 11.1 Å². The van der Waals surface area contributed by atoms with Crippen molar-refractivity contribution in [2.24, 2.45) is 5.41 Å². The molecule has 0 spiro atoms. The van der Waals surface area contributed by atoms with Crippen LogP contribution in [-0.2, 0) is 44.7 Å². The molecule has 13 heteroatoms. The lowest BCUT2D eigenvalue weighted by molar-refractivity contribution is -0.204. The number of ether oxygens (including phenoxy) is 4. The predicted octanol–water partition coefficient (Wildman–Crippen LogP) is -0.693. The predicted molar refractivity (Wildman–Crippen MR) is 139 cm³/mol. The average Bonchev–Trinajstić information content (AvgIpc) is 3.73. The van der Waals surface area contributed by atoms with E-state index >= 15 is 0 Å². The molecular weight excluding hydrogens is 538 g/mol. The van der Waals surface area contributed by atoms with Gasteiger partial charge in [-0.3, -0.25) is 19.2 Å². The van der Waals surface area contributed by atoms with Crippen molar-refractivity contribution >= 4 is 23.9 Å². The molecule has 7 atom stereocenters. The van der Waals surface area contributed by atoms with E-state index in [4.69, 9.17) is 28.9 Å². The normalized spacial score (nSPS) is 34.1. The van der Waals surface area contributed by atoms with Crippen LogP contribution in [0.3, 0.4) is 0 Å². The van der Waals surface area contributed by atoms with Crippen LogP contribution in [-0.4, -0.2) is 114 Å². The Balaban J connectivity index is 1.34. The maximum atomic E-state index is 14.6. The van der Waals surface area contributed by atoms with Crippen LogP contribution in [0.15, 0.2) is 30.5 Å². The van der Waals surface area contributed by atoms with E-state index in [1.807, 2.05) is 24.3 Å². The summed E-state index contributed by atoms with van der Waals surface area (Å²) in [4.78, 5) is 49.3. The van der Waals surface area contributed by atoms with Gasteiger partial charge in [0, 0.05) is 19.5 Å². The third-order valence-corrected chi connectivity index (χ3v) is 8.63. The molecule has 13 nitrogen and oxygen atoms in total. The summed E-state index contributed by atoms with van der Waals surface area (Å²) < 4.78 is 22.9. The lowest BCUT2D eigenvalue weighted by atomic mass is 9.62. The Morgan fingerprint density at radius 1 is 1.17 bits per heavy atom. The highest BCUT2D eigenvalue weighted by Gasteiger charge is 2.75. The summed E-state index contributed by atoms with van der Waals surface area (Å²) in [5, 5.41) is 22.4. The number of nitrogens with one attached hydrogen (secondary N) is 1. The highest BCUT2D eigenvalue weighted by Crippen LogP contribution is 2.56. The van der Waals surface area contributed by atoms with Gasteiger partial charge in [-0.05, 0) is 30.0 Å². The Hall–Kier alpha value is -3.07. The maximum absolute atomic E-state index is 14.6. The number of hydrogen-bond donors (Lipinski definition) is 3. The first-order valence-corrected chi connectivity index (χ1v) is 14.0. The van der Waals surface area contributed by atoms with E-state index in [1.54, 1.807) is 11.0 Å². The number of aliphatic hydroxyl groups excluding tert-OH is 2. The number of likely N-dealkylation sites (tertiary alicyclic amines) is 1. The Morgan fingerprint density at radius 2 is 2.00 bits per heavy atom. The number of carbonyl (C=O) groups is 3. The molecule has 0 aromatic heterocycles. The van der Waals surface area contributed by atoms with E-state index in [0.29, 0.717) is 19.4 Å². The van der Waals surface area contributed by atoms with E-state index in [9.17, 15) is 19.5 Å². The lowest BCUT2D eigenvalue weighted by Gasteiger charge is -2.50. The fourth-order valence-corrected chi connectivity index (χ4v) is 6.91. The molecule has 4 aliphatic heterocycles. The quantitative estimate of drug-likeness (QED) is 0.185. The van der Waals surface area contributed by atoms with Crippen LogP contribution >= 0.6 is 0 Å². The number of hydroxylamine groups is 2. The molecule has 5 fully saturated rings. The van der Waals surface area contributed by atoms with Gasteiger partial charge in [-0.1, -0.05) is 24.3 Å². The number of fused-ring (bicyclic) bond motifs is 4. The third-order valence-electron chi connectivity index (χ3n) is 8.63. The number of rotatable bonds is 10. The van der Waals surface area contributed by atoms with E-state index in [1.165, 1.54) is 11.3 Å². The minimum absolute atomic E-state index is 0.00441. The van der Waals surface area contributed by atoms with E-state index < -0.39 is 47.9 Å². The van der Waals surface area contributed by atoms with Crippen LogP contribution in [0.25, 0.3) is 6.08 Å². The number of hydrogen-bond acceptors (Lipinski definition) is 11. The molecule has 1 aromatic carbocycles. The second kappa shape index (κ2) is 11.7. The van der Waals surface area contributed by atoms with Crippen LogP contribution in [0, 0.1) is 5.41 Å². The SMILES string of the molecule is O=C(NCCO)C1CCCN1C(=O)C12CC3OC(=O)C1N(Cc1ccccc1C=COCCO)OC2C1OCOC31. The first kappa shape index (κ1) is 28.1. The van der Waals surface area contributed by atoms with E-state index in [-0.39, 0.29) is 57.9 Å². The Kier molecular flexibility index (Phi) is 7.99. The van der Waals surface area contributed by atoms with Crippen LogP contribution < -0.4 is 5.32 Å². The topological polar surface area (TPSA) is 156 Å². The van der Waals surface area contributed by atoms with Crippen molar-refractivity contribution in [1.82, 2.24) is 15.3 Å². The van der Waals surface area contributed by atoms with Crippen molar-refractivity contribution in [3.05, 3.63) is 41.7 Å². The number of benzene rings is 1. The molecule has 4 heterocycles. The molecule has 2 amide bonds. The molecule has 6 rings (SSSR count). The lowest BCUT2D eigenvalue weighted by Crippen LogP contribution is -2.70. The fraction of sp³-hybridized carbons (Fsp3) is 0.607. The number of nitrogens with zero attached hydrogens (tertiary/aromatic N) is 2. The maximum Gasteiger partial charge on any atom is 0.327 e. The second-order valence-corrected chi connectivity index (χ2v) is 10.9. The molecule has 4 saturated heterocycles. The van der Waals surface area contributed by atoms with Gasteiger partial charge in [0.15, 0.2) is 6.04 Å². The summed E-state index contributed by atoms with van der Waals surface area (Å²) >= 11 is 0. The van der Waals surface area contributed by atoms with Crippen LogP contribution in [0.4, 0.5) is 0 Å². The zero-order valence-electron chi connectivity index (χ0n) is 22.6. The molecular formula is C28H35N3O10. The highest BCUT2D eigenvalue weighted by molar-refractivity contribution is 5.96. The van der Waals surface area contributed by atoms with Gasteiger partial charge in [0.2, 0.25) is 11.8 Å². The molecule has 1 saturated carbocycles. The van der Waals surface area contributed by atoms with Gasteiger partial charge in [0.25, 0.3) is 0 Å². The largest absolute Gasteiger partial charge is 0.499 e. The first-order chi connectivity index (χ1) is 20.0. The number of carbonyl (C=O) groups excluding carboxylic acids is 3. The second-order valence-electron chi connectivity index (χ2n) is 10.9. The summed E-state index contributed by atoms with van der Waals surface area (Å²) in [5.74, 6) is -1.25. The van der Waals surface area contributed by atoms with Gasteiger partial charge < -0.3 is 39.4 Å². The molecule has 1 aliphatic carbocycles. The molecule has 41 heavy (non-hydrogen) atoms. The summed E-state index contributed by atoms with van der Waals surface area (Å²) in [7, 11) is 0. The molecule has 0 radical (unpaired) electrons. The standard InChI is InChI=1S/C28H35N3O10/c32-10-8-29-25(34)19-6-3-9-30(19)27(36)28-14-20-21-22(39-16-38-21)24(28)41-31(23(28)26(35)40-20)15-18-5-2-1-4-17(18)7-12-37-13-11-33/h1-2,4-5,7,12,19-24,32-33H,3,6,8-11,13-16H2,(H,29,34). The average molecular weight is 574 g/mol. The van der Waals surface area contributed by atoms with Crippen molar-refractivity contribution in [3.63, 3.8) is 0 Å². The number of esters is 1. The van der Waals surface area contributed by atoms with Gasteiger partial charge in [-0.2, -0.15) is 5.06 Å². The van der Waals surface area contributed by atoms with Gasteiger partial charge in [0.05, 0.1) is 26.0 Å². The van der Waals surface area contributed by atoms with Crippen molar-refractivity contribution < 1.29 is 48.4 Å². The first-order valence-electron chi connectivity index (χ1n) is 14.0. The Morgan fingerprint density at radius 3 is 2.83 bits per heavy atom. The third kappa shape index (κ3) is 4.80. The van der Waals surface area contributed by atoms with Crippen LogP contribution in [0.2, 0.25) is 0 Å². The molecule has 222 valence electrons. The number of amides is 2. The Bertz CT molecular complexity index is 1200. The molecule has 5 aliphatic rings. The molecule has 7 unspecified atom stereocenters. The van der Waals surface area contributed by atoms with Crippen molar-refractivity contribution in [1.29, 1.82) is 0 Å².